The summed E-state index contributed by atoms with van der Waals surface area (Å²) in [5, 5.41) is 4.11. The molecule has 268 valence electrons. The van der Waals surface area contributed by atoms with Gasteiger partial charge in [-0.15, -0.1) is 11.8 Å². The van der Waals surface area contributed by atoms with Gasteiger partial charge in [-0.3, -0.25) is 9.59 Å². The molecule has 0 bridgehead atoms. The third-order valence-electron chi connectivity index (χ3n) is 9.71. The smallest absolute Gasteiger partial charge is 0.407 e. The summed E-state index contributed by atoms with van der Waals surface area (Å²) < 4.78 is 14.9. The predicted octanol–water partition coefficient (Wildman–Crippen LogP) is 7.70. The average molecular weight is 734 g/mol. The molecule has 3 heterocycles. The first-order chi connectivity index (χ1) is 25.5. The SMILES string of the molecule is CCN1C(=CC2=C(SCCCCCC(=O)Nc3ccc(B4OCCCO4)cc3)/C(=C\c3sc4ccccc4[n+]3CC)C2=O)N(CC)c2ccccc21. The number of carbonyl (C=O) groups excluding carboxylic acids is 2. The Kier molecular flexibility index (Phi) is 11.6. The quantitative estimate of drug-likeness (QED) is 0.0617. The van der Waals surface area contributed by atoms with Crippen molar-refractivity contribution in [1.82, 2.24) is 0 Å². The largest absolute Gasteiger partial charge is 0.493 e. The summed E-state index contributed by atoms with van der Waals surface area (Å²) in [4.78, 5) is 32.4. The summed E-state index contributed by atoms with van der Waals surface area (Å²) >= 11 is 3.50. The number of rotatable bonds is 14. The molecule has 1 saturated heterocycles. The first-order valence-electron chi connectivity index (χ1n) is 18.5. The number of nitrogens with one attached hydrogen (secondary N) is 1. The van der Waals surface area contributed by atoms with E-state index >= 15 is 0 Å². The van der Waals surface area contributed by atoms with Crippen LogP contribution in [-0.4, -0.2) is 50.9 Å². The molecule has 2 aliphatic heterocycles. The van der Waals surface area contributed by atoms with Gasteiger partial charge in [0.1, 0.15) is 17.1 Å². The van der Waals surface area contributed by atoms with Crippen LogP contribution < -0.4 is 25.1 Å². The zero-order chi connectivity index (χ0) is 36.0. The Balaban J connectivity index is 1.03. The fourth-order valence-electron chi connectivity index (χ4n) is 7.09. The number of unbranched alkanes of at least 4 members (excludes halogenated alkanes) is 2. The Morgan fingerprint density at radius 1 is 0.904 bits per heavy atom. The van der Waals surface area contributed by atoms with Crippen molar-refractivity contribution in [2.75, 3.05) is 47.2 Å². The maximum Gasteiger partial charge on any atom is 0.493 e. The molecular weight excluding hydrogens is 687 g/mol. The number of carbonyl (C=O) groups is 2. The molecule has 11 heteroatoms. The summed E-state index contributed by atoms with van der Waals surface area (Å²) in [6.07, 6.45) is 8.28. The highest BCUT2D eigenvalue weighted by Gasteiger charge is 2.37. The molecule has 52 heavy (non-hydrogen) atoms. The van der Waals surface area contributed by atoms with E-state index in [1.165, 1.54) is 21.6 Å². The first-order valence-corrected chi connectivity index (χ1v) is 20.3. The first kappa shape index (κ1) is 36.2. The van der Waals surface area contributed by atoms with Gasteiger partial charge in [0.2, 0.25) is 11.4 Å². The Morgan fingerprint density at radius 3 is 2.29 bits per heavy atom. The number of hydrogen-bond donors (Lipinski definition) is 1. The van der Waals surface area contributed by atoms with Gasteiger partial charge < -0.3 is 24.4 Å². The second-order valence-electron chi connectivity index (χ2n) is 13.0. The fraction of sp³-hybridized carbons (Fsp3) is 0.341. The van der Waals surface area contributed by atoms with Crippen LogP contribution in [0.1, 0.15) is 57.9 Å². The van der Waals surface area contributed by atoms with Crippen LogP contribution in [0.4, 0.5) is 17.1 Å². The van der Waals surface area contributed by atoms with E-state index < -0.39 is 0 Å². The van der Waals surface area contributed by atoms with Crippen LogP contribution in [0.15, 0.2) is 101 Å². The van der Waals surface area contributed by atoms with E-state index in [1.54, 1.807) is 23.1 Å². The van der Waals surface area contributed by atoms with Crippen LogP contribution >= 0.6 is 23.1 Å². The average Bonchev–Trinajstić information content (AvgIpc) is 3.70. The van der Waals surface area contributed by atoms with E-state index in [-0.39, 0.29) is 18.8 Å². The number of ketones is 1. The van der Waals surface area contributed by atoms with Gasteiger partial charge in [0.15, 0.2) is 5.78 Å². The minimum atomic E-state index is -0.329. The van der Waals surface area contributed by atoms with Crippen molar-refractivity contribution >= 4 is 80.7 Å². The fourth-order valence-corrected chi connectivity index (χ4v) is 9.43. The van der Waals surface area contributed by atoms with Crippen LogP contribution in [0.5, 0.6) is 0 Å². The number of amides is 1. The molecule has 0 radical (unpaired) electrons. The van der Waals surface area contributed by atoms with E-state index in [1.807, 2.05) is 24.3 Å². The van der Waals surface area contributed by atoms with Gasteiger partial charge in [0.25, 0.3) is 5.01 Å². The van der Waals surface area contributed by atoms with Crippen molar-refractivity contribution in [2.24, 2.45) is 0 Å². The second-order valence-corrected chi connectivity index (χ2v) is 15.2. The number of fused-ring (bicyclic) bond motifs is 2. The molecule has 1 fully saturated rings. The zero-order valence-corrected chi connectivity index (χ0v) is 31.9. The molecule has 0 spiro atoms. The monoisotopic (exact) mass is 733 g/mol. The van der Waals surface area contributed by atoms with E-state index in [4.69, 9.17) is 9.31 Å². The number of thioether (sulfide) groups is 1. The van der Waals surface area contributed by atoms with Gasteiger partial charge in [-0.05, 0) is 87.7 Å². The minimum absolute atomic E-state index is 0.0167. The van der Waals surface area contributed by atoms with Gasteiger partial charge in [-0.2, -0.15) is 4.57 Å². The van der Waals surface area contributed by atoms with Gasteiger partial charge in [0.05, 0.1) is 11.4 Å². The Labute approximate surface area is 315 Å². The number of nitrogens with zero attached hydrogens (tertiary/aromatic N) is 3. The van der Waals surface area contributed by atoms with E-state index in [0.717, 1.165) is 89.1 Å². The molecule has 1 N–H and O–H groups in total. The van der Waals surface area contributed by atoms with Crippen LogP contribution in [0.3, 0.4) is 0 Å². The Bertz CT molecular complexity index is 2000. The summed E-state index contributed by atoms with van der Waals surface area (Å²) in [5.41, 5.74) is 6.86. The highest BCUT2D eigenvalue weighted by Crippen LogP contribution is 2.46. The molecule has 0 saturated carbocycles. The van der Waals surface area contributed by atoms with E-state index in [0.29, 0.717) is 19.6 Å². The normalized spacial score (nSPS) is 16.6. The molecule has 1 aromatic heterocycles. The summed E-state index contributed by atoms with van der Waals surface area (Å²) in [6, 6.07) is 24.6. The van der Waals surface area contributed by atoms with Gasteiger partial charge in [-0.1, -0.05) is 54.2 Å². The lowest BCUT2D eigenvalue weighted by Gasteiger charge is -2.28. The molecule has 0 atom stereocenters. The minimum Gasteiger partial charge on any atom is -0.407 e. The number of anilines is 3. The highest BCUT2D eigenvalue weighted by molar-refractivity contribution is 8.03. The number of hydrogen-bond acceptors (Lipinski definition) is 8. The maximum atomic E-state index is 14.0. The topological polar surface area (TPSA) is 75.0 Å². The lowest BCUT2D eigenvalue weighted by molar-refractivity contribution is -0.665. The maximum absolute atomic E-state index is 14.0. The lowest BCUT2D eigenvalue weighted by Crippen LogP contribution is -2.40. The molecule has 7 rings (SSSR count). The third-order valence-corrected chi connectivity index (χ3v) is 12.0. The van der Waals surface area contributed by atoms with Crippen LogP contribution in [0.2, 0.25) is 0 Å². The van der Waals surface area contributed by atoms with Gasteiger partial charge >= 0.3 is 7.12 Å². The highest BCUT2D eigenvalue weighted by atomic mass is 32.2. The molecule has 8 nitrogen and oxygen atoms in total. The molecule has 3 aliphatic rings. The molecule has 3 aromatic carbocycles. The van der Waals surface area contributed by atoms with Gasteiger partial charge in [0, 0.05) is 66.6 Å². The van der Waals surface area contributed by atoms with Crippen LogP contribution in [0.25, 0.3) is 16.3 Å². The molecule has 1 aliphatic carbocycles. The Hall–Kier alpha value is -4.16. The van der Waals surface area contributed by atoms with E-state index in [2.05, 4.69) is 101 Å². The molecule has 0 unspecified atom stereocenters. The number of aromatic nitrogens is 1. The lowest BCUT2D eigenvalue weighted by atomic mass is 9.78. The van der Waals surface area contributed by atoms with Gasteiger partial charge in [-0.25, -0.2) is 0 Å². The molecular formula is C41H46BN4O4S2+. The van der Waals surface area contributed by atoms with Crippen molar-refractivity contribution in [3.05, 3.63) is 106 Å². The molecule has 4 aromatic rings. The zero-order valence-electron chi connectivity index (χ0n) is 30.2. The van der Waals surface area contributed by atoms with Crippen molar-refractivity contribution in [1.29, 1.82) is 0 Å². The molecule has 1 amide bonds. The number of para-hydroxylation sites is 3. The second kappa shape index (κ2) is 16.7. The van der Waals surface area contributed by atoms with Crippen LogP contribution in [0, 0.1) is 0 Å². The van der Waals surface area contributed by atoms with Crippen molar-refractivity contribution in [2.45, 2.75) is 59.4 Å². The van der Waals surface area contributed by atoms with Crippen molar-refractivity contribution < 1.29 is 23.5 Å². The third kappa shape index (κ3) is 7.50. The van der Waals surface area contributed by atoms with Crippen LogP contribution in [-0.2, 0) is 25.4 Å². The predicted molar refractivity (Wildman–Crippen MR) is 216 cm³/mol. The number of Topliss-reactive ketones (excluding diaryl/α,β-unsaturated/α-hetero) is 1. The number of aryl methyl sites for hydroxylation is 1. The summed E-state index contributed by atoms with van der Waals surface area (Å²) in [7, 11) is -0.329. The number of thiazole rings is 1. The van der Waals surface area contributed by atoms with Crippen molar-refractivity contribution in [3.8, 4) is 0 Å². The summed E-state index contributed by atoms with van der Waals surface area (Å²) in [6.45, 7) is 10.3. The van der Waals surface area contributed by atoms with E-state index in [9.17, 15) is 9.59 Å². The number of benzene rings is 3. The Morgan fingerprint density at radius 2 is 1.60 bits per heavy atom. The van der Waals surface area contributed by atoms with Crippen molar-refractivity contribution in [3.63, 3.8) is 0 Å². The summed E-state index contributed by atoms with van der Waals surface area (Å²) in [5.74, 6) is 2.04. The number of allylic oxidation sites excluding steroid dienone is 3. The standard InChI is InChI=1S/C41H45BN4O4S2/c1-4-44-33-15-9-10-16-34(33)45(5-2)38(44)27-31-40(48)32(28-39-46(6-3)35-17-11-12-18-36(35)52-39)41(31)51-26-13-7-8-19-37(47)43-30-22-20-29(21-23-30)42-49-24-14-25-50-42/h9-12,15-18,20-23,27-28H,4-8,13-14,19,24-26H2,1-3H3/p+1.